The molecule has 1 saturated heterocycles. The molecule has 0 radical (unpaired) electrons. The van der Waals surface area contributed by atoms with Crippen molar-refractivity contribution in [3.05, 3.63) is 25.6 Å². The third kappa shape index (κ3) is 3.77. The molecule has 2 amide bonds. The Morgan fingerprint density at radius 2 is 1.81 bits per heavy atom. The number of halogens is 3. The van der Waals surface area contributed by atoms with Crippen LogP contribution in [0.1, 0.15) is 6.42 Å². The minimum Gasteiger partial charge on any atom is -0.480 e. The predicted octanol–water partition coefficient (Wildman–Crippen LogP) is 3.03. The fourth-order valence-corrected chi connectivity index (χ4v) is 4.57. The second-order valence-corrected chi connectivity index (χ2v) is 7.19. The smallest absolute Gasteiger partial charge is 0.326 e. The molecular formula is C12H11Br3N2O4. The first kappa shape index (κ1) is 16.7. The van der Waals surface area contributed by atoms with E-state index in [1.807, 2.05) is 0 Å². The van der Waals surface area contributed by atoms with Crippen molar-refractivity contribution in [3.63, 3.8) is 0 Å². The molecular weight excluding hydrogens is 476 g/mol. The van der Waals surface area contributed by atoms with E-state index in [4.69, 9.17) is 5.11 Å². The first-order chi connectivity index (χ1) is 9.79. The van der Waals surface area contributed by atoms with Gasteiger partial charge < -0.3 is 20.4 Å². The Balaban J connectivity index is 2.20. The van der Waals surface area contributed by atoms with Crippen molar-refractivity contribution >= 4 is 65.5 Å². The summed E-state index contributed by atoms with van der Waals surface area (Å²) in [6.45, 7) is -0.00539. The molecule has 9 heteroatoms. The molecule has 0 spiro atoms. The molecule has 6 nitrogen and oxygen atoms in total. The summed E-state index contributed by atoms with van der Waals surface area (Å²) in [5.41, 5.74) is 0.494. The number of β-amino-alcohol motifs (C(OH)–C–C–N with tert-alkyl or cyclic N) is 1. The first-order valence-corrected chi connectivity index (χ1v) is 8.30. The number of nitrogens with one attached hydrogen (secondary N) is 1. The molecule has 1 unspecified atom stereocenters. The topological polar surface area (TPSA) is 89.9 Å². The van der Waals surface area contributed by atoms with E-state index in [0.717, 1.165) is 9.37 Å². The summed E-state index contributed by atoms with van der Waals surface area (Å²) in [6, 6.07) is 1.93. The quantitative estimate of drug-likeness (QED) is 0.599. The van der Waals surface area contributed by atoms with Gasteiger partial charge in [0, 0.05) is 26.4 Å². The number of likely N-dealkylation sites (tertiary alicyclic amines) is 1. The standard InChI is InChI=1S/C12H11Br3N2O4/c13-5-1-7(14)10(8(15)2-5)16-12(21)17-4-6(18)3-9(17)11(19)20/h1-2,6,9,18H,3-4H2,(H,16,21)(H,19,20)/t6?,9-/m0/s1. The van der Waals surface area contributed by atoms with E-state index < -0.39 is 24.1 Å². The number of carboxylic acid groups (broad SMARTS) is 1. The first-order valence-electron chi connectivity index (χ1n) is 5.92. The van der Waals surface area contributed by atoms with Crippen molar-refractivity contribution in [1.29, 1.82) is 0 Å². The van der Waals surface area contributed by atoms with Gasteiger partial charge in [-0.3, -0.25) is 0 Å². The number of carbonyl (C=O) groups excluding carboxylic acids is 1. The van der Waals surface area contributed by atoms with E-state index in [2.05, 4.69) is 53.1 Å². The van der Waals surface area contributed by atoms with Crippen molar-refractivity contribution in [2.45, 2.75) is 18.6 Å². The summed E-state index contributed by atoms with van der Waals surface area (Å²) in [7, 11) is 0. The number of carbonyl (C=O) groups is 2. The van der Waals surface area contributed by atoms with E-state index in [1.54, 1.807) is 12.1 Å². The molecule has 1 aliphatic heterocycles. The second-order valence-electron chi connectivity index (χ2n) is 4.57. The number of anilines is 1. The van der Waals surface area contributed by atoms with E-state index in [-0.39, 0.29) is 13.0 Å². The number of aliphatic carboxylic acids is 1. The van der Waals surface area contributed by atoms with E-state index in [1.165, 1.54) is 0 Å². The summed E-state index contributed by atoms with van der Waals surface area (Å²) in [6.07, 6.45) is -0.792. The highest BCUT2D eigenvalue weighted by molar-refractivity contribution is 9.11. The van der Waals surface area contributed by atoms with Crippen molar-refractivity contribution in [1.82, 2.24) is 4.90 Å². The zero-order valence-corrected chi connectivity index (χ0v) is 15.3. The van der Waals surface area contributed by atoms with Gasteiger partial charge in [0.25, 0.3) is 0 Å². The molecule has 3 N–H and O–H groups in total. The number of aliphatic hydroxyl groups excluding tert-OH is 1. The molecule has 21 heavy (non-hydrogen) atoms. The van der Waals surface area contributed by atoms with E-state index in [9.17, 15) is 14.7 Å². The highest BCUT2D eigenvalue weighted by Gasteiger charge is 2.39. The summed E-state index contributed by atoms with van der Waals surface area (Å²) in [5, 5.41) is 21.3. The van der Waals surface area contributed by atoms with E-state index in [0.29, 0.717) is 14.6 Å². The SMILES string of the molecule is O=C(O)[C@@H]1CC(O)CN1C(=O)Nc1c(Br)cc(Br)cc1Br. The van der Waals surface area contributed by atoms with Crippen molar-refractivity contribution in [2.75, 3.05) is 11.9 Å². The number of hydrogen-bond donors (Lipinski definition) is 3. The number of urea groups is 1. The van der Waals surface area contributed by atoms with Crippen LogP contribution in [0.3, 0.4) is 0 Å². The lowest BCUT2D eigenvalue weighted by molar-refractivity contribution is -0.141. The van der Waals surface area contributed by atoms with Gasteiger partial charge in [0.15, 0.2) is 0 Å². The van der Waals surface area contributed by atoms with Gasteiger partial charge in [-0.1, -0.05) is 15.9 Å². The predicted molar refractivity (Wildman–Crippen MR) is 87.3 cm³/mol. The van der Waals surface area contributed by atoms with Crippen LogP contribution in [-0.2, 0) is 4.79 Å². The van der Waals surface area contributed by atoms with Crippen molar-refractivity contribution < 1.29 is 19.8 Å². The summed E-state index contributed by atoms with van der Waals surface area (Å²) in [5.74, 6) is -1.13. The number of amides is 2. The lowest BCUT2D eigenvalue weighted by Crippen LogP contribution is -2.43. The van der Waals surface area contributed by atoms with Crippen LogP contribution in [0.5, 0.6) is 0 Å². The number of hydrogen-bond acceptors (Lipinski definition) is 3. The molecule has 2 rings (SSSR count). The van der Waals surface area contributed by atoms with Gasteiger partial charge in [0.2, 0.25) is 0 Å². The lowest BCUT2D eigenvalue weighted by Gasteiger charge is -2.22. The number of carboxylic acids is 1. The minimum absolute atomic E-state index is 0.00539. The number of nitrogens with zero attached hydrogens (tertiary/aromatic N) is 1. The Bertz CT molecular complexity index is 573. The van der Waals surface area contributed by atoms with Gasteiger partial charge >= 0.3 is 12.0 Å². The number of aliphatic hydroxyl groups is 1. The fraction of sp³-hybridized carbons (Fsp3) is 0.333. The number of benzene rings is 1. The molecule has 1 aliphatic rings. The Hall–Kier alpha value is -0.640. The average molecular weight is 487 g/mol. The van der Waals surface area contributed by atoms with Gasteiger partial charge in [-0.25, -0.2) is 9.59 Å². The van der Waals surface area contributed by atoms with Gasteiger partial charge in [0.1, 0.15) is 6.04 Å². The maximum atomic E-state index is 12.3. The van der Waals surface area contributed by atoms with Crippen LogP contribution < -0.4 is 5.32 Å². The van der Waals surface area contributed by atoms with Crippen LogP contribution in [0, 0.1) is 0 Å². The highest BCUT2D eigenvalue weighted by Crippen LogP contribution is 2.35. The molecule has 2 atom stereocenters. The molecule has 1 aromatic carbocycles. The highest BCUT2D eigenvalue weighted by atomic mass is 79.9. The zero-order valence-electron chi connectivity index (χ0n) is 10.5. The van der Waals surface area contributed by atoms with Crippen LogP contribution >= 0.6 is 47.8 Å². The van der Waals surface area contributed by atoms with E-state index >= 15 is 0 Å². The number of rotatable bonds is 2. The van der Waals surface area contributed by atoms with Gasteiger partial charge in [-0.2, -0.15) is 0 Å². The largest absolute Gasteiger partial charge is 0.480 e. The molecule has 0 saturated carbocycles. The van der Waals surface area contributed by atoms with Crippen molar-refractivity contribution in [3.8, 4) is 0 Å². The maximum absolute atomic E-state index is 12.3. The Kier molecular flexibility index (Phi) is 5.29. The minimum atomic E-state index is -1.13. The Morgan fingerprint density at radius 3 is 2.33 bits per heavy atom. The summed E-state index contributed by atoms with van der Waals surface area (Å²) >= 11 is 9.99. The Morgan fingerprint density at radius 1 is 1.24 bits per heavy atom. The molecule has 1 aromatic rings. The van der Waals surface area contributed by atoms with Crippen LogP contribution in [-0.4, -0.2) is 45.8 Å². The Labute approximate surface area is 145 Å². The zero-order chi connectivity index (χ0) is 15.7. The summed E-state index contributed by atoms with van der Waals surface area (Å²) in [4.78, 5) is 24.5. The van der Waals surface area contributed by atoms with Gasteiger partial charge in [-0.15, -0.1) is 0 Å². The molecule has 1 heterocycles. The molecule has 114 valence electrons. The second kappa shape index (κ2) is 6.64. The normalized spacial score (nSPS) is 21.4. The molecule has 1 fully saturated rings. The van der Waals surface area contributed by atoms with Crippen LogP contribution in [0.2, 0.25) is 0 Å². The average Bonchev–Trinajstić information content (AvgIpc) is 2.76. The summed E-state index contributed by atoms with van der Waals surface area (Å²) < 4.78 is 2.10. The molecule has 0 aromatic heterocycles. The third-order valence-corrected chi connectivity index (χ3v) is 4.77. The van der Waals surface area contributed by atoms with Crippen LogP contribution in [0.4, 0.5) is 10.5 Å². The van der Waals surface area contributed by atoms with Crippen molar-refractivity contribution in [2.24, 2.45) is 0 Å². The fourth-order valence-electron chi connectivity index (χ4n) is 2.11. The van der Waals surface area contributed by atoms with Crippen LogP contribution in [0.15, 0.2) is 25.6 Å². The lowest BCUT2D eigenvalue weighted by atomic mass is 10.2. The monoisotopic (exact) mass is 484 g/mol. The van der Waals surface area contributed by atoms with Gasteiger partial charge in [-0.05, 0) is 44.0 Å². The van der Waals surface area contributed by atoms with Crippen LogP contribution in [0.25, 0.3) is 0 Å². The third-order valence-electron chi connectivity index (χ3n) is 3.06. The maximum Gasteiger partial charge on any atom is 0.326 e. The van der Waals surface area contributed by atoms with Gasteiger partial charge in [0.05, 0.1) is 11.8 Å². The molecule has 0 bridgehead atoms. The molecule has 0 aliphatic carbocycles.